The van der Waals surface area contributed by atoms with Gasteiger partial charge in [-0.05, 0) is 29.8 Å². The number of aliphatic hydroxyl groups is 4. The van der Waals surface area contributed by atoms with Gasteiger partial charge >= 0.3 is 0 Å². The van der Waals surface area contributed by atoms with Gasteiger partial charge in [-0.2, -0.15) is 0 Å². The van der Waals surface area contributed by atoms with E-state index in [0.29, 0.717) is 11.3 Å². The predicted octanol–water partition coefficient (Wildman–Crippen LogP) is -1.14. The number of ether oxygens (including phenoxy) is 2. The lowest BCUT2D eigenvalue weighted by Crippen LogP contribution is -2.60. The maximum Gasteiger partial charge on any atom is 0.229 e. The highest BCUT2D eigenvalue weighted by Gasteiger charge is 2.44. The summed E-state index contributed by atoms with van der Waals surface area (Å²) in [5.41, 5.74) is 0.686. The number of hydrogen-bond donors (Lipinski definition) is 5. The van der Waals surface area contributed by atoms with E-state index >= 15 is 0 Å². The Bertz CT molecular complexity index is 449. The lowest BCUT2D eigenvalue weighted by atomic mass is 9.99. The molecule has 1 aromatic rings. The van der Waals surface area contributed by atoms with Crippen molar-refractivity contribution in [3.05, 3.63) is 29.8 Å². The van der Waals surface area contributed by atoms with E-state index < -0.39 is 37.3 Å². The van der Waals surface area contributed by atoms with Crippen LogP contribution in [0.3, 0.4) is 0 Å². The summed E-state index contributed by atoms with van der Waals surface area (Å²) in [5.74, 6) is 0.375. The van der Waals surface area contributed by atoms with Crippen molar-refractivity contribution in [1.82, 2.24) is 0 Å². The molecule has 110 valence electrons. The number of nitrogens with one attached hydrogen (secondary N) is 1. The van der Waals surface area contributed by atoms with Gasteiger partial charge in [0.1, 0.15) is 30.2 Å². The Kier molecular flexibility index (Phi) is 4.69. The van der Waals surface area contributed by atoms with Crippen molar-refractivity contribution in [2.75, 3.05) is 6.61 Å². The van der Waals surface area contributed by atoms with Gasteiger partial charge in [-0.3, -0.25) is 0 Å². The molecule has 0 bridgehead atoms. The average Bonchev–Trinajstić information content (AvgIpc) is 2.48. The van der Waals surface area contributed by atoms with E-state index in [1.807, 2.05) is 0 Å². The van der Waals surface area contributed by atoms with Gasteiger partial charge in [0.25, 0.3) is 0 Å². The smallest absolute Gasteiger partial charge is 0.229 e. The normalized spacial score (nSPS) is 33.7. The van der Waals surface area contributed by atoms with E-state index in [-0.39, 0.29) is 0 Å². The Balaban J connectivity index is 2.08. The van der Waals surface area contributed by atoms with Crippen LogP contribution in [-0.2, 0) is 4.74 Å². The summed E-state index contributed by atoms with van der Waals surface area (Å²) in [6.45, 7) is -0.502. The monoisotopic (exact) mass is 283 g/mol. The molecule has 0 amide bonds. The van der Waals surface area contributed by atoms with Gasteiger partial charge in [-0.1, -0.05) is 0 Å². The predicted molar refractivity (Wildman–Crippen MR) is 68.7 cm³/mol. The molecule has 7 heteroatoms. The molecule has 0 radical (unpaired) electrons. The van der Waals surface area contributed by atoms with E-state index in [1.54, 1.807) is 24.3 Å². The molecule has 1 aliphatic heterocycles. The fraction of sp³-hybridized carbons (Fsp3) is 0.462. The summed E-state index contributed by atoms with van der Waals surface area (Å²) < 4.78 is 10.6. The van der Waals surface area contributed by atoms with E-state index in [9.17, 15) is 15.3 Å². The molecule has 20 heavy (non-hydrogen) atoms. The van der Waals surface area contributed by atoms with Crippen LogP contribution in [0, 0.1) is 5.41 Å². The van der Waals surface area contributed by atoms with Crippen molar-refractivity contribution in [1.29, 1.82) is 5.41 Å². The van der Waals surface area contributed by atoms with Gasteiger partial charge < -0.3 is 35.3 Å². The second-order valence-corrected chi connectivity index (χ2v) is 4.53. The summed E-state index contributed by atoms with van der Waals surface area (Å²) >= 11 is 0. The summed E-state index contributed by atoms with van der Waals surface area (Å²) in [7, 11) is 0. The molecule has 0 aliphatic carbocycles. The highest BCUT2D eigenvalue weighted by atomic mass is 16.7. The maximum absolute atomic E-state index is 9.81. The number of aliphatic hydroxyl groups excluding tert-OH is 4. The van der Waals surface area contributed by atoms with Crippen LogP contribution in [-0.4, -0.2) is 64.0 Å². The topological polar surface area (TPSA) is 123 Å². The minimum Gasteiger partial charge on any atom is -0.462 e. The quantitative estimate of drug-likeness (QED) is 0.445. The van der Waals surface area contributed by atoms with Crippen molar-refractivity contribution in [2.24, 2.45) is 0 Å². The molecule has 0 spiro atoms. The molecule has 1 saturated heterocycles. The fourth-order valence-electron chi connectivity index (χ4n) is 1.94. The van der Waals surface area contributed by atoms with Crippen LogP contribution in [0.15, 0.2) is 24.3 Å². The van der Waals surface area contributed by atoms with Crippen molar-refractivity contribution in [3.8, 4) is 5.75 Å². The van der Waals surface area contributed by atoms with Crippen LogP contribution in [0.2, 0.25) is 0 Å². The molecule has 5 atom stereocenters. The zero-order valence-corrected chi connectivity index (χ0v) is 10.6. The first kappa shape index (κ1) is 14.9. The van der Waals surface area contributed by atoms with Crippen LogP contribution < -0.4 is 4.74 Å². The van der Waals surface area contributed by atoms with E-state index in [2.05, 4.69) is 0 Å². The first-order valence-electron chi connectivity index (χ1n) is 6.14. The zero-order valence-electron chi connectivity index (χ0n) is 10.6. The molecule has 7 nitrogen and oxygen atoms in total. The minimum absolute atomic E-state index is 0.375. The molecule has 1 aliphatic rings. The highest BCUT2D eigenvalue weighted by Crippen LogP contribution is 2.24. The first-order chi connectivity index (χ1) is 9.56. The lowest BCUT2D eigenvalue weighted by Gasteiger charge is -2.39. The fourth-order valence-corrected chi connectivity index (χ4v) is 1.94. The standard InChI is InChI=1S/C13H17NO6/c14-5-7-1-3-8(4-2-7)19-13-12(18)11(17)10(16)9(6-15)20-13/h1-5,9-18H,6H2. The van der Waals surface area contributed by atoms with Crippen LogP contribution in [0.5, 0.6) is 5.75 Å². The Morgan fingerprint density at radius 3 is 2.30 bits per heavy atom. The number of rotatable bonds is 4. The third-order valence-electron chi connectivity index (χ3n) is 3.15. The highest BCUT2D eigenvalue weighted by molar-refractivity contribution is 5.76. The second-order valence-electron chi connectivity index (χ2n) is 4.53. The summed E-state index contributed by atoms with van der Waals surface area (Å²) in [5, 5.41) is 45.2. The maximum atomic E-state index is 9.81. The average molecular weight is 283 g/mol. The SMILES string of the molecule is N=Cc1ccc(OC2OC(CO)C(O)C(O)C2O)cc1. The van der Waals surface area contributed by atoms with Crippen LogP contribution in [0.1, 0.15) is 5.56 Å². The largest absolute Gasteiger partial charge is 0.462 e. The molecular weight excluding hydrogens is 266 g/mol. The zero-order chi connectivity index (χ0) is 14.7. The van der Waals surface area contributed by atoms with Gasteiger partial charge in [0.15, 0.2) is 0 Å². The Morgan fingerprint density at radius 1 is 1.10 bits per heavy atom. The van der Waals surface area contributed by atoms with E-state index in [1.165, 1.54) is 6.21 Å². The summed E-state index contributed by atoms with van der Waals surface area (Å²) in [6, 6.07) is 6.46. The molecule has 0 aromatic heterocycles. The number of benzene rings is 1. The first-order valence-corrected chi connectivity index (χ1v) is 6.14. The van der Waals surface area contributed by atoms with Crippen LogP contribution in [0.4, 0.5) is 0 Å². The number of hydrogen-bond acceptors (Lipinski definition) is 7. The van der Waals surface area contributed by atoms with Crippen molar-refractivity contribution in [2.45, 2.75) is 30.7 Å². The van der Waals surface area contributed by atoms with E-state index in [0.717, 1.165) is 0 Å². The van der Waals surface area contributed by atoms with Crippen LogP contribution in [0.25, 0.3) is 0 Å². The molecule has 0 saturated carbocycles. The van der Waals surface area contributed by atoms with Crippen molar-refractivity contribution >= 4 is 6.21 Å². The van der Waals surface area contributed by atoms with Gasteiger partial charge in [0.05, 0.1) is 6.61 Å². The second kappa shape index (κ2) is 6.29. The third kappa shape index (κ3) is 2.97. The minimum atomic E-state index is -1.47. The van der Waals surface area contributed by atoms with Crippen molar-refractivity contribution < 1.29 is 29.9 Å². The van der Waals surface area contributed by atoms with Gasteiger partial charge in [-0.15, -0.1) is 0 Å². The summed E-state index contributed by atoms with van der Waals surface area (Å²) in [4.78, 5) is 0. The Morgan fingerprint density at radius 2 is 1.75 bits per heavy atom. The van der Waals surface area contributed by atoms with Gasteiger partial charge in [0, 0.05) is 6.21 Å². The van der Waals surface area contributed by atoms with Gasteiger partial charge in [-0.25, -0.2) is 0 Å². The molecule has 1 aromatic carbocycles. The molecule has 5 N–H and O–H groups in total. The lowest BCUT2D eigenvalue weighted by molar-refractivity contribution is -0.277. The third-order valence-corrected chi connectivity index (χ3v) is 3.15. The Labute approximate surface area is 115 Å². The van der Waals surface area contributed by atoms with Crippen molar-refractivity contribution in [3.63, 3.8) is 0 Å². The summed E-state index contributed by atoms with van der Waals surface area (Å²) in [6.07, 6.45) is -5.33. The molecular formula is C13H17NO6. The molecule has 1 fully saturated rings. The van der Waals surface area contributed by atoms with Gasteiger partial charge in [0.2, 0.25) is 6.29 Å². The van der Waals surface area contributed by atoms with E-state index in [4.69, 9.17) is 20.0 Å². The van der Waals surface area contributed by atoms with Crippen LogP contribution >= 0.6 is 0 Å². The molecule has 5 unspecified atom stereocenters. The molecule has 1 heterocycles. The molecule has 2 rings (SSSR count). The Hall–Kier alpha value is -1.51.